The van der Waals surface area contributed by atoms with Gasteiger partial charge in [0.1, 0.15) is 17.9 Å². The summed E-state index contributed by atoms with van der Waals surface area (Å²) in [6.45, 7) is 0.247. The Morgan fingerprint density at radius 3 is 2.79 bits per heavy atom. The number of para-hydroxylation sites is 2. The summed E-state index contributed by atoms with van der Waals surface area (Å²) in [6.07, 6.45) is 1.50. The largest absolute Gasteiger partial charge is 0.493 e. The average Bonchev–Trinajstić information content (AvgIpc) is 3.26. The van der Waals surface area contributed by atoms with Crippen LogP contribution in [-0.4, -0.2) is 30.0 Å². The highest BCUT2D eigenvalue weighted by molar-refractivity contribution is 9.10. The fraction of sp³-hybridized carbons (Fsp3) is 0.125. The van der Waals surface area contributed by atoms with E-state index in [0.717, 1.165) is 11.1 Å². The number of ether oxygens (including phenoxy) is 2. The summed E-state index contributed by atoms with van der Waals surface area (Å²) < 4.78 is 30.6. The molecular formula is C24H19BrFN3O4S. The molecule has 0 aliphatic carbocycles. The molecule has 0 aliphatic heterocycles. The van der Waals surface area contributed by atoms with E-state index in [1.165, 1.54) is 37.2 Å². The van der Waals surface area contributed by atoms with Gasteiger partial charge in [0.2, 0.25) is 0 Å². The molecule has 10 heteroatoms. The fourth-order valence-electron chi connectivity index (χ4n) is 2.94. The van der Waals surface area contributed by atoms with Crippen molar-refractivity contribution in [2.75, 3.05) is 12.9 Å². The van der Waals surface area contributed by atoms with Gasteiger partial charge in [0.05, 0.1) is 23.5 Å². The second kappa shape index (κ2) is 11.2. The summed E-state index contributed by atoms with van der Waals surface area (Å²) in [5.74, 6) is 0.489. The third-order valence-corrected chi connectivity index (χ3v) is 5.97. The topological polar surface area (TPSA) is 86.0 Å². The first-order valence-corrected chi connectivity index (χ1v) is 11.8. The van der Waals surface area contributed by atoms with Crippen LogP contribution < -0.4 is 14.9 Å². The van der Waals surface area contributed by atoms with Crippen LogP contribution in [0.3, 0.4) is 0 Å². The van der Waals surface area contributed by atoms with Gasteiger partial charge in [0, 0.05) is 0 Å². The number of amides is 1. The molecule has 1 aromatic heterocycles. The Bertz CT molecular complexity index is 1290. The normalized spacial score (nSPS) is 11.1. The van der Waals surface area contributed by atoms with Gasteiger partial charge < -0.3 is 13.9 Å². The van der Waals surface area contributed by atoms with Crippen molar-refractivity contribution in [2.45, 2.75) is 11.8 Å². The zero-order valence-electron chi connectivity index (χ0n) is 18.0. The van der Waals surface area contributed by atoms with Crippen molar-refractivity contribution in [3.05, 3.63) is 82.1 Å². The molecule has 0 bridgehead atoms. The van der Waals surface area contributed by atoms with E-state index in [1.54, 1.807) is 24.3 Å². The maximum atomic E-state index is 13.1. The van der Waals surface area contributed by atoms with Crippen LogP contribution in [0.5, 0.6) is 11.5 Å². The van der Waals surface area contributed by atoms with Crippen LogP contribution in [0.1, 0.15) is 11.1 Å². The lowest BCUT2D eigenvalue weighted by Crippen LogP contribution is -2.19. The molecule has 0 aliphatic rings. The molecular weight excluding hydrogens is 525 g/mol. The van der Waals surface area contributed by atoms with Gasteiger partial charge in [-0.3, -0.25) is 4.79 Å². The third kappa shape index (κ3) is 6.15. The van der Waals surface area contributed by atoms with E-state index >= 15 is 0 Å². The average molecular weight is 544 g/mol. The summed E-state index contributed by atoms with van der Waals surface area (Å²) in [4.78, 5) is 16.4. The number of aromatic nitrogens is 1. The van der Waals surface area contributed by atoms with Crippen LogP contribution in [0, 0.1) is 5.82 Å². The van der Waals surface area contributed by atoms with Crippen molar-refractivity contribution in [1.29, 1.82) is 0 Å². The molecule has 7 nitrogen and oxygen atoms in total. The van der Waals surface area contributed by atoms with Gasteiger partial charge in [-0.25, -0.2) is 14.8 Å². The fourth-order valence-corrected chi connectivity index (χ4v) is 4.15. The molecule has 174 valence electrons. The molecule has 4 rings (SSSR count). The van der Waals surface area contributed by atoms with Gasteiger partial charge in [0.25, 0.3) is 11.1 Å². The highest BCUT2D eigenvalue weighted by atomic mass is 79.9. The third-order valence-electron chi connectivity index (χ3n) is 4.55. The lowest BCUT2D eigenvalue weighted by molar-refractivity contribution is -0.118. The van der Waals surface area contributed by atoms with E-state index in [9.17, 15) is 9.18 Å². The van der Waals surface area contributed by atoms with Crippen molar-refractivity contribution in [2.24, 2.45) is 5.10 Å². The number of nitrogens with zero attached hydrogens (tertiary/aromatic N) is 2. The minimum absolute atomic E-state index is 0.105. The Morgan fingerprint density at radius 2 is 2.03 bits per heavy atom. The maximum absolute atomic E-state index is 13.1. The summed E-state index contributed by atoms with van der Waals surface area (Å²) in [6, 6.07) is 17.0. The highest BCUT2D eigenvalue weighted by Gasteiger charge is 2.12. The number of nitrogens with one attached hydrogen (secondary N) is 1. The Balaban J connectivity index is 1.33. The van der Waals surface area contributed by atoms with Crippen LogP contribution in [0.15, 0.2) is 79.9 Å². The number of carbonyl (C=O) groups excluding carboxylic acids is 1. The number of methoxy groups -OCH3 is 1. The number of halogens is 2. The van der Waals surface area contributed by atoms with Crippen LogP contribution >= 0.6 is 27.7 Å². The molecule has 1 heterocycles. The minimum atomic E-state index is -0.303. The predicted octanol–water partition coefficient (Wildman–Crippen LogP) is 5.56. The van der Waals surface area contributed by atoms with E-state index in [4.69, 9.17) is 13.9 Å². The van der Waals surface area contributed by atoms with Crippen LogP contribution in [-0.2, 0) is 11.4 Å². The zero-order chi connectivity index (χ0) is 23.9. The standard InChI is InChI=1S/C24H19BrFN3O4S/c1-31-21-11-16(10-18(25)23(21)32-13-15-6-8-17(26)9-7-15)12-27-29-22(30)14-34-24-28-19-4-2-3-5-20(19)33-24/h2-12H,13-14H2,1H3,(H,29,30)/b27-12-. The lowest BCUT2D eigenvalue weighted by Gasteiger charge is -2.13. The van der Waals surface area contributed by atoms with Gasteiger partial charge >= 0.3 is 0 Å². The van der Waals surface area contributed by atoms with E-state index in [0.29, 0.717) is 32.3 Å². The molecule has 3 aromatic carbocycles. The Kier molecular flexibility index (Phi) is 7.81. The van der Waals surface area contributed by atoms with Crippen molar-refractivity contribution >= 4 is 50.9 Å². The lowest BCUT2D eigenvalue weighted by atomic mass is 10.2. The SMILES string of the molecule is COc1cc(/C=N\NC(=O)CSc2nc3ccccc3o2)cc(Br)c1OCc1ccc(F)cc1. The molecule has 1 N–H and O–H groups in total. The first-order valence-electron chi connectivity index (χ1n) is 10.1. The smallest absolute Gasteiger partial charge is 0.257 e. The minimum Gasteiger partial charge on any atom is -0.493 e. The van der Waals surface area contributed by atoms with E-state index in [2.05, 4.69) is 31.4 Å². The second-order valence-electron chi connectivity index (χ2n) is 6.98. The Hall–Kier alpha value is -3.37. The van der Waals surface area contributed by atoms with Crippen molar-refractivity contribution in [3.8, 4) is 11.5 Å². The molecule has 1 amide bonds. The molecule has 0 spiro atoms. The van der Waals surface area contributed by atoms with Gasteiger partial charge in [-0.1, -0.05) is 36.0 Å². The first-order chi connectivity index (χ1) is 16.5. The summed E-state index contributed by atoms with van der Waals surface area (Å²) in [7, 11) is 1.53. The molecule has 4 aromatic rings. The predicted molar refractivity (Wildman–Crippen MR) is 132 cm³/mol. The van der Waals surface area contributed by atoms with Crippen LogP contribution in [0.2, 0.25) is 0 Å². The number of oxazole rings is 1. The van der Waals surface area contributed by atoms with Gasteiger partial charge in [-0.05, 0) is 63.5 Å². The molecule has 0 fully saturated rings. The number of hydrogen-bond donors (Lipinski definition) is 1. The number of rotatable bonds is 9. The van der Waals surface area contributed by atoms with Crippen LogP contribution in [0.25, 0.3) is 11.1 Å². The van der Waals surface area contributed by atoms with Gasteiger partial charge in [0.15, 0.2) is 17.1 Å². The maximum Gasteiger partial charge on any atom is 0.257 e. The monoisotopic (exact) mass is 543 g/mol. The molecule has 0 atom stereocenters. The van der Waals surface area contributed by atoms with Crippen LogP contribution in [0.4, 0.5) is 4.39 Å². The summed E-state index contributed by atoms with van der Waals surface area (Å²) >= 11 is 4.66. The molecule has 0 saturated heterocycles. The summed E-state index contributed by atoms with van der Waals surface area (Å²) in [5, 5.41) is 4.42. The molecule has 0 unspecified atom stereocenters. The number of thioether (sulfide) groups is 1. The number of carbonyl (C=O) groups is 1. The zero-order valence-corrected chi connectivity index (χ0v) is 20.4. The second-order valence-corrected chi connectivity index (χ2v) is 8.76. The molecule has 0 saturated carbocycles. The molecule has 34 heavy (non-hydrogen) atoms. The Morgan fingerprint density at radius 1 is 1.24 bits per heavy atom. The number of benzene rings is 3. The van der Waals surface area contributed by atoms with E-state index in [-0.39, 0.29) is 24.1 Å². The van der Waals surface area contributed by atoms with Crippen molar-refractivity contribution in [1.82, 2.24) is 10.4 Å². The number of hydrazone groups is 1. The highest BCUT2D eigenvalue weighted by Crippen LogP contribution is 2.37. The van der Waals surface area contributed by atoms with Crippen molar-refractivity contribution < 1.29 is 23.1 Å². The number of hydrogen-bond acceptors (Lipinski definition) is 7. The van der Waals surface area contributed by atoms with Gasteiger partial charge in [-0.2, -0.15) is 5.10 Å². The van der Waals surface area contributed by atoms with Crippen molar-refractivity contribution in [3.63, 3.8) is 0 Å². The quantitative estimate of drug-likeness (QED) is 0.169. The first kappa shape index (κ1) is 23.8. The number of fused-ring (bicyclic) bond motifs is 1. The molecule has 0 radical (unpaired) electrons. The van der Waals surface area contributed by atoms with E-state index < -0.39 is 0 Å². The van der Waals surface area contributed by atoms with Gasteiger partial charge in [-0.15, -0.1) is 0 Å². The summed E-state index contributed by atoms with van der Waals surface area (Å²) in [5.41, 5.74) is 5.40. The Labute approximate surface area is 207 Å². The van der Waals surface area contributed by atoms with E-state index in [1.807, 2.05) is 24.3 Å².